The van der Waals surface area contributed by atoms with E-state index in [2.05, 4.69) is 5.32 Å². The molecule has 0 bridgehead atoms. The lowest BCUT2D eigenvalue weighted by Crippen LogP contribution is -2.56. The highest BCUT2D eigenvalue weighted by molar-refractivity contribution is 7.92. The third-order valence-electron chi connectivity index (χ3n) is 6.87. The van der Waals surface area contributed by atoms with Gasteiger partial charge in [0.2, 0.25) is 21.8 Å². The lowest BCUT2D eigenvalue weighted by atomic mass is 10.0. The summed E-state index contributed by atoms with van der Waals surface area (Å²) < 4.78 is 27.5. The Labute approximate surface area is 263 Å². The molecule has 1 atom stereocenters. The molecule has 226 valence electrons. The number of hydrogen-bond acceptors (Lipinski definition) is 4. The molecule has 0 saturated carbocycles. The molecule has 0 radical (unpaired) electrons. The van der Waals surface area contributed by atoms with E-state index in [-0.39, 0.29) is 18.9 Å². The molecule has 0 spiro atoms. The summed E-state index contributed by atoms with van der Waals surface area (Å²) in [6.45, 7) is 4.91. The zero-order valence-electron chi connectivity index (χ0n) is 24.6. The van der Waals surface area contributed by atoms with E-state index >= 15 is 0 Å². The smallest absolute Gasteiger partial charge is 0.244 e. The minimum atomic E-state index is -3.93. The summed E-state index contributed by atoms with van der Waals surface area (Å²) in [4.78, 5) is 29.7. The fraction of sp³-hybridized carbons (Fsp3) is 0.273. The van der Waals surface area contributed by atoms with Crippen LogP contribution in [0.5, 0.6) is 0 Å². The monoisotopic (exact) mass is 639 g/mol. The zero-order valence-corrected chi connectivity index (χ0v) is 26.9. The van der Waals surface area contributed by atoms with Crippen molar-refractivity contribution in [1.29, 1.82) is 0 Å². The largest absolute Gasteiger partial charge is 0.350 e. The van der Waals surface area contributed by atoms with Crippen molar-refractivity contribution < 1.29 is 18.0 Å². The Bertz CT molecular complexity index is 1700. The Kier molecular flexibility index (Phi) is 10.1. The van der Waals surface area contributed by atoms with Gasteiger partial charge in [-0.25, -0.2) is 8.42 Å². The van der Waals surface area contributed by atoms with Crippen LogP contribution in [0.2, 0.25) is 10.0 Å². The first kappa shape index (κ1) is 32.3. The summed E-state index contributed by atoms with van der Waals surface area (Å²) in [5.74, 6) is -0.969. The molecular formula is C33H35Cl2N3O4S. The predicted octanol–water partition coefficient (Wildman–Crippen LogP) is 6.47. The van der Waals surface area contributed by atoms with Gasteiger partial charge in [0.1, 0.15) is 12.6 Å². The lowest BCUT2D eigenvalue weighted by molar-refractivity contribution is -0.140. The minimum Gasteiger partial charge on any atom is -0.350 e. The third kappa shape index (κ3) is 8.28. The molecule has 4 aromatic carbocycles. The summed E-state index contributed by atoms with van der Waals surface area (Å²) >= 11 is 13.1. The van der Waals surface area contributed by atoms with Crippen molar-refractivity contribution in [2.45, 2.75) is 45.3 Å². The molecule has 1 N–H and O–H groups in total. The number of rotatable bonds is 10. The Morgan fingerprint density at radius 2 is 1.42 bits per heavy atom. The van der Waals surface area contributed by atoms with Crippen molar-refractivity contribution >= 4 is 61.5 Å². The van der Waals surface area contributed by atoms with Crippen molar-refractivity contribution in [3.05, 3.63) is 112 Å². The van der Waals surface area contributed by atoms with Crippen molar-refractivity contribution in [1.82, 2.24) is 10.2 Å². The standard InChI is InChI=1S/C33H35Cl2N3O4S/c1-33(2,3)36-32(40)30(20-23-12-6-5-7-13-23)37(21-26-27(34)17-11-18-28(26)35)31(39)22-38(43(4,41)42)29-19-10-15-24-14-8-9-16-25(24)29/h5-19,30H,20-22H2,1-4H3,(H,36,40)/t30-/m1/s1. The number of nitrogens with one attached hydrogen (secondary N) is 1. The van der Waals surface area contributed by atoms with Crippen LogP contribution in [0.4, 0.5) is 5.69 Å². The number of carbonyl (C=O) groups excluding carboxylic acids is 2. The van der Waals surface area contributed by atoms with Crippen LogP contribution in [0.3, 0.4) is 0 Å². The molecule has 0 fully saturated rings. The zero-order chi connectivity index (χ0) is 31.4. The van der Waals surface area contributed by atoms with E-state index in [1.54, 1.807) is 30.3 Å². The van der Waals surface area contributed by atoms with Crippen molar-refractivity contribution in [2.75, 3.05) is 17.1 Å². The Hall–Kier alpha value is -3.59. The molecule has 2 amide bonds. The summed E-state index contributed by atoms with van der Waals surface area (Å²) in [6.07, 6.45) is 1.24. The average molecular weight is 641 g/mol. The molecule has 4 aromatic rings. The fourth-order valence-electron chi connectivity index (χ4n) is 4.88. The van der Waals surface area contributed by atoms with Crippen LogP contribution in [0.15, 0.2) is 91.0 Å². The second kappa shape index (κ2) is 13.4. The van der Waals surface area contributed by atoms with Gasteiger partial charge in [0.15, 0.2) is 0 Å². The van der Waals surface area contributed by atoms with Crippen LogP contribution in [0.1, 0.15) is 31.9 Å². The molecule has 0 heterocycles. The second-order valence-corrected chi connectivity index (χ2v) is 14.2. The summed E-state index contributed by atoms with van der Waals surface area (Å²) in [5.41, 5.74) is 1.05. The number of carbonyl (C=O) groups is 2. The van der Waals surface area contributed by atoms with Crippen LogP contribution in [-0.4, -0.2) is 49.5 Å². The van der Waals surface area contributed by atoms with Crippen molar-refractivity contribution in [3.63, 3.8) is 0 Å². The van der Waals surface area contributed by atoms with E-state index in [0.29, 0.717) is 26.7 Å². The van der Waals surface area contributed by atoms with Gasteiger partial charge in [0, 0.05) is 39.5 Å². The number of benzene rings is 4. The molecule has 43 heavy (non-hydrogen) atoms. The summed E-state index contributed by atoms with van der Waals surface area (Å²) in [5, 5.41) is 5.16. The molecule has 4 rings (SSSR count). The maximum Gasteiger partial charge on any atom is 0.244 e. The SMILES string of the molecule is CC(C)(C)NC(=O)[C@@H](Cc1ccccc1)N(Cc1c(Cl)cccc1Cl)C(=O)CN(c1cccc2ccccc12)S(C)(=O)=O. The van der Waals surface area contributed by atoms with Gasteiger partial charge in [-0.15, -0.1) is 0 Å². The number of nitrogens with zero attached hydrogens (tertiary/aromatic N) is 2. The van der Waals surface area contributed by atoms with Crippen molar-refractivity contribution in [2.24, 2.45) is 0 Å². The first-order valence-electron chi connectivity index (χ1n) is 13.8. The van der Waals surface area contributed by atoms with E-state index in [1.165, 1.54) is 4.90 Å². The highest BCUT2D eigenvalue weighted by Gasteiger charge is 2.35. The molecule has 0 aliphatic carbocycles. The van der Waals surface area contributed by atoms with Gasteiger partial charge >= 0.3 is 0 Å². The van der Waals surface area contributed by atoms with Gasteiger partial charge in [-0.2, -0.15) is 0 Å². The minimum absolute atomic E-state index is 0.112. The predicted molar refractivity (Wildman–Crippen MR) is 175 cm³/mol. The normalized spacial score (nSPS) is 12.5. The Morgan fingerprint density at radius 3 is 2.05 bits per heavy atom. The highest BCUT2D eigenvalue weighted by atomic mass is 35.5. The summed E-state index contributed by atoms with van der Waals surface area (Å²) in [6, 6.07) is 26.0. The first-order valence-corrected chi connectivity index (χ1v) is 16.4. The molecule has 0 saturated heterocycles. The maximum atomic E-state index is 14.4. The number of sulfonamides is 1. The molecular weight excluding hydrogens is 605 g/mol. The number of halogens is 2. The molecule has 0 unspecified atom stereocenters. The quantitative estimate of drug-likeness (QED) is 0.216. The topological polar surface area (TPSA) is 86.8 Å². The van der Waals surface area contributed by atoms with Crippen LogP contribution >= 0.6 is 23.2 Å². The highest BCUT2D eigenvalue weighted by Crippen LogP contribution is 2.30. The van der Waals surface area contributed by atoms with Gasteiger partial charge < -0.3 is 10.2 Å². The van der Waals surface area contributed by atoms with Gasteiger partial charge in [0.05, 0.1) is 11.9 Å². The van der Waals surface area contributed by atoms with E-state index in [1.807, 2.05) is 81.4 Å². The van der Waals surface area contributed by atoms with Gasteiger partial charge in [-0.3, -0.25) is 13.9 Å². The maximum absolute atomic E-state index is 14.4. The van der Waals surface area contributed by atoms with Gasteiger partial charge in [-0.05, 0) is 49.9 Å². The molecule has 0 aliphatic heterocycles. The van der Waals surface area contributed by atoms with Crippen LogP contribution in [0, 0.1) is 0 Å². The van der Waals surface area contributed by atoms with E-state index in [0.717, 1.165) is 21.5 Å². The Balaban J connectivity index is 1.83. The third-order valence-corrected chi connectivity index (χ3v) is 8.71. The van der Waals surface area contributed by atoms with E-state index < -0.39 is 34.1 Å². The number of hydrogen-bond donors (Lipinski definition) is 1. The van der Waals surface area contributed by atoms with Gasteiger partial charge in [0.25, 0.3) is 0 Å². The number of fused-ring (bicyclic) bond motifs is 1. The van der Waals surface area contributed by atoms with Crippen LogP contribution < -0.4 is 9.62 Å². The van der Waals surface area contributed by atoms with Crippen LogP contribution in [0.25, 0.3) is 10.8 Å². The second-order valence-electron chi connectivity index (χ2n) is 11.4. The number of anilines is 1. The Morgan fingerprint density at radius 1 is 0.837 bits per heavy atom. The molecule has 7 nitrogen and oxygen atoms in total. The lowest BCUT2D eigenvalue weighted by Gasteiger charge is -2.35. The van der Waals surface area contributed by atoms with E-state index in [4.69, 9.17) is 23.2 Å². The molecule has 0 aliphatic rings. The van der Waals surface area contributed by atoms with E-state index in [9.17, 15) is 18.0 Å². The first-order chi connectivity index (χ1) is 20.2. The molecule has 0 aromatic heterocycles. The average Bonchev–Trinajstić information content (AvgIpc) is 2.93. The fourth-order valence-corrected chi connectivity index (χ4v) is 6.26. The van der Waals surface area contributed by atoms with Crippen molar-refractivity contribution in [3.8, 4) is 0 Å². The summed E-state index contributed by atoms with van der Waals surface area (Å²) in [7, 11) is -3.93. The van der Waals surface area contributed by atoms with Crippen LogP contribution in [-0.2, 0) is 32.6 Å². The van der Waals surface area contributed by atoms with Gasteiger partial charge in [-0.1, -0.05) is 96.0 Å². The molecule has 10 heteroatoms. The number of amides is 2.